The van der Waals surface area contributed by atoms with Crippen molar-refractivity contribution in [1.29, 1.82) is 0 Å². The molecule has 5 heteroatoms. The van der Waals surface area contributed by atoms with Gasteiger partial charge < -0.3 is 15.0 Å². The number of aliphatic hydroxyl groups excluding tert-OH is 1. The van der Waals surface area contributed by atoms with Gasteiger partial charge in [0.1, 0.15) is 0 Å². The molecule has 1 rings (SSSR count). The summed E-state index contributed by atoms with van der Waals surface area (Å²) in [6, 6.07) is 0. The normalized spacial score (nSPS) is 13.2. The maximum Gasteiger partial charge on any atom is 0.307 e. The van der Waals surface area contributed by atoms with Crippen LogP contribution in [0.5, 0.6) is 0 Å². The number of nitrogens with one attached hydrogen (secondary N) is 1. The molecule has 4 nitrogen and oxygen atoms in total. The summed E-state index contributed by atoms with van der Waals surface area (Å²) in [6.07, 6.45) is 1.19. The van der Waals surface area contributed by atoms with E-state index in [2.05, 4.69) is 5.32 Å². The number of rotatable bonds is 4. The van der Waals surface area contributed by atoms with Crippen LogP contribution in [-0.4, -0.2) is 29.4 Å². The third-order valence-corrected chi connectivity index (χ3v) is 2.19. The van der Waals surface area contributed by atoms with E-state index in [0.717, 1.165) is 11.3 Å². The maximum atomic E-state index is 11.0. The van der Waals surface area contributed by atoms with Crippen molar-refractivity contribution in [2.45, 2.75) is 12.6 Å². The smallest absolute Gasteiger partial charge is 0.307 e. The number of hydrogen-bond acceptors (Lipinski definition) is 4. The van der Waals surface area contributed by atoms with E-state index in [1.165, 1.54) is 4.57 Å². The number of likely N-dealkylation sites (N-methyl/N-ethyl adjacent to an activating group) is 1. The summed E-state index contributed by atoms with van der Waals surface area (Å²) in [7, 11) is 1.76. The second kappa shape index (κ2) is 4.39. The summed E-state index contributed by atoms with van der Waals surface area (Å²) in [6.45, 7) is 0.867. The zero-order chi connectivity index (χ0) is 8.97. The van der Waals surface area contributed by atoms with Crippen LogP contribution in [0.15, 0.2) is 16.4 Å². The lowest BCUT2D eigenvalue weighted by Crippen LogP contribution is -2.30. The second-order valence-corrected chi connectivity index (χ2v) is 3.39. The van der Waals surface area contributed by atoms with Gasteiger partial charge in [-0.3, -0.25) is 4.79 Å². The molecule has 0 amide bonds. The Labute approximate surface area is 74.5 Å². The Hall–Kier alpha value is -0.650. The minimum Gasteiger partial charge on any atom is -0.390 e. The Morgan fingerprint density at radius 1 is 1.83 bits per heavy atom. The molecular formula is C7H12N2O2S. The van der Waals surface area contributed by atoms with Crippen LogP contribution in [0.25, 0.3) is 0 Å². The number of nitrogens with zero attached hydrogens (tertiary/aromatic N) is 1. The molecule has 68 valence electrons. The molecule has 12 heavy (non-hydrogen) atoms. The highest BCUT2D eigenvalue weighted by Gasteiger charge is 2.04. The van der Waals surface area contributed by atoms with Crippen LogP contribution < -0.4 is 10.2 Å². The van der Waals surface area contributed by atoms with E-state index in [0.29, 0.717) is 13.1 Å². The monoisotopic (exact) mass is 188 g/mol. The van der Waals surface area contributed by atoms with Crippen molar-refractivity contribution in [1.82, 2.24) is 9.88 Å². The Bertz CT molecular complexity index is 281. The average molecular weight is 188 g/mol. The van der Waals surface area contributed by atoms with Gasteiger partial charge in [-0.15, -0.1) is 0 Å². The van der Waals surface area contributed by atoms with E-state index < -0.39 is 6.10 Å². The fraction of sp³-hybridized carbons (Fsp3) is 0.571. The molecule has 0 spiro atoms. The zero-order valence-electron chi connectivity index (χ0n) is 6.86. The van der Waals surface area contributed by atoms with Gasteiger partial charge in [-0.2, -0.15) is 0 Å². The molecule has 0 bridgehead atoms. The quantitative estimate of drug-likeness (QED) is 0.669. The molecule has 1 atom stereocenters. The molecule has 0 aromatic carbocycles. The van der Waals surface area contributed by atoms with Gasteiger partial charge in [0.05, 0.1) is 12.6 Å². The third-order valence-electron chi connectivity index (χ3n) is 1.49. The standard InChI is InChI=1S/C7H12N2O2S/c1-8-4-6(10)5-9-2-3-12-7(9)11/h2-3,6,8,10H,4-5H2,1H3. The highest BCUT2D eigenvalue weighted by Crippen LogP contribution is 1.91. The highest BCUT2D eigenvalue weighted by molar-refractivity contribution is 7.07. The van der Waals surface area contributed by atoms with Gasteiger partial charge in [0.15, 0.2) is 0 Å². The fourth-order valence-corrected chi connectivity index (χ4v) is 1.55. The largest absolute Gasteiger partial charge is 0.390 e. The second-order valence-electron chi connectivity index (χ2n) is 2.53. The maximum absolute atomic E-state index is 11.0. The molecule has 1 aromatic heterocycles. The van der Waals surface area contributed by atoms with Gasteiger partial charge >= 0.3 is 4.87 Å². The van der Waals surface area contributed by atoms with Gasteiger partial charge in [-0.25, -0.2) is 0 Å². The van der Waals surface area contributed by atoms with E-state index in [1.54, 1.807) is 18.6 Å². The van der Waals surface area contributed by atoms with Crippen molar-refractivity contribution in [2.24, 2.45) is 0 Å². The van der Waals surface area contributed by atoms with E-state index in [-0.39, 0.29) is 4.87 Å². The lowest BCUT2D eigenvalue weighted by atomic mass is 10.3. The first-order chi connectivity index (χ1) is 5.74. The Morgan fingerprint density at radius 2 is 2.58 bits per heavy atom. The van der Waals surface area contributed by atoms with Crippen molar-refractivity contribution >= 4 is 11.3 Å². The van der Waals surface area contributed by atoms with Crippen LogP contribution in [0.1, 0.15) is 0 Å². The van der Waals surface area contributed by atoms with Crippen LogP contribution in [0, 0.1) is 0 Å². The van der Waals surface area contributed by atoms with Crippen LogP contribution in [0.3, 0.4) is 0 Å². The first kappa shape index (κ1) is 9.44. The van der Waals surface area contributed by atoms with Crippen LogP contribution in [0.2, 0.25) is 0 Å². The molecule has 0 fully saturated rings. The van der Waals surface area contributed by atoms with Crippen molar-refractivity contribution < 1.29 is 5.11 Å². The molecule has 1 heterocycles. The zero-order valence-corrected chi connectivity index (χ0v) is 7.67. The molecule has 0 aliphatic rings. The van der Waals surface area contributed by atoms with Gasteiger partial charge in [0.2, 0.25) is 0 Å². The molecule has 1 aromatic rings. The number of thiazole rings is 1. The molecule has 0 radical (unpaired) electrons. The molecular weight excluding hydrogens is 176 g/mol. The fourth-order valence-electron chi connectivity index (χ4n) is 0.953. The van der Waals surface area contributed by atoms with Crippen LogP contribution in [0.4, 0.5) is 0 Å². The van der Waals surface area contributed by atoms with Crippen LogP contribution >= 0.6 is 11.3 Å². The van der Waals surface area contributed by atoms with Crippen LogP contribution in [-0.2, 0) is 6.54 Å². The Balaban J connectivity index is 2.52. The van der Waals surface area contributed by atoms with Gasteiger partial charge in [0.25, 0.3) is 0 Å². The highest BCUT2D eigenvalue weighted by atomic mass is 32.1. The van der Waals surface area contributed by atoms with E-state index in [9.17, 15) is 9.90 Å². The average Bonchev–Trinajstić information content (AvgIpc) is 2.37. The summed E-state index contributed by atoms with van der Waals surface area (Å²) >= 11 is 1.14. The van der Waals surface area contributed by atoms with Crippen molar-refractivity contribution in [3.63, 3.8) is 0 Å². The number of hydrogen-bond donors (Lipinski definition) is 2. The SMILES string of the molecule is CNCC(O)Cn1ccsc1=O. The summed E-state index contributed by atoms with van der Waals surface area (Å²) in [5.41, 5.74) is 0. The molecule has 0 saturated carbocycles. The summed E-state index contributed by atoms with van der Waals surface area (Å²) in [5, 5.41) is 13.9. The molecule has 0 saturated heterocycles. The predicted molar refractivity (Wildman–Crippen MR) is 48.5 cm³/mol. The molecule has 0 aliphatic carbocycles. The van der Waals surface area contributed by atoms with Crippen molar-refractivity contribution in [3.05, 3.63) is 21.2 Å². The molecule has 1 unspecified atom stereocenters. The first-order valence-electron chi connectivity index (χ1n) is 3.70. The topological polar surface area (TPSA) is 54.3 Å². The third kappa shape index (κ3) is 2.44. The minimum absolute atomic E-state index is 0.0230. The predicted octanol–water partition coefficient (Wildman–Crippen LogP) is -0.510. The van der Waals surface area contributed by atoms with Crippen molar-refractivity contribution in [3.8, 4) is 0 Å². The lowest BCUT2D eigenvalue weighted by molar-refractivity contribution is 0.153. The first-order valence-corrected chi connectivity index (χ1v) is 4.58. The lowest BCUT2D eigenvalue weighted by Gasteiger charge is -2.08. The summed E-state index contributed by atoms with van der Waals surface area (Å²) in [4.78, 5) is 11.0. The van der Waals surface area contributed by atoms with Gasteiger partial charge in [-0.05, 0) is 7.05 Å². The number of aromatic nitrogens is 1. The summed E-state index contributed by atoms with van der Waals surface area (Å²) < 4.78 is 1.51. The molecule has 2 N–H and O–H groups in total. The van der Waals surface area contributed by atoms with Crippen molar-refractivity contribution in [2.75, 3.05) is 13.6 Å². The Morgan fingerprint density at radius 3 is 3.08 bits per heavy atom. The minimum atomic E-state index is -0.498. The van der Waals surface area contributed by atoms with E-state index >= 15 is 0 Å². The van der Waals surface area contributed by atoms with E-state index in [4.69, 9.17) is 0 Å². The van der Waals surface area contributed by atoms with E-state index in [1.807, 2.05) is 0 Å². The number of aliphatic hydroxyl groups is 1. The van der Waals surface area contributed by atoms with Gasteiger partial charge in [0, 0.05) is 18.1 Å². The van der Waals surface area contributed by atoms with Gasteiger partial charge in [-0.1, -0.05) is 11.3 Å². The molecule has 0 aliphatic heterocycles. The Kier molecular flexibility index (Phi) is 3.46. The summed E-state index contributed by atoms with van der Waals surface area (Å²) in [5.74, 6) is 0.